The van der Waals surface area contributed by atoms with Gasteiger partial charge in [0.2, 0.25) is 0 Å². The molecule has 1 aliphatic heterocycles. The molecule has 0 saturated carbocycles. The predicted octanol–water partition coefficient (Wildman–Crippen LogP) is 4.65. The first-order chi connectivity index (χ1) is 8.90. The average molecular weight is 259 g/mol. The summed E-state index contributed by atoms with van der Waals surface area (Å²) in [4.78, 5) is 0. The molecule has 0 spiro atoms. The van der Waals surface area contributed by atoms with Crippen LogP contribution in [0.1, 0.15) is 70.2 Å². The molecular formula is C18H29N. The highest BCUT2D eigenvalue weighted by Crippen LogP contribution is 2.31. The van der Waals surface area contributed by atoms with E-state index in [4.69, 9.17) is 0 Å². The third-order valence-electron chi connectivity index (χ3n) is 4.35. The van der Waals surface area contributed by atoms with Crippen LogP contribution >= 0.6 is 0 Å². The van der Waals surface area contributed by atoms with Crippen molar-refractivity contribution in [2.45, 2.75) is 72.4 Å². The van der Waals surface area contributed by atoms with Crippen LogP contribution in [0, 0.1) is 5.41 Å². The summed E-state index contributed by atoms with van der Waals surface area (Å²) in [6.45, 7) is 11.6. The molecule has 1 heteroatoms. The summed E-state index contributed by atoms with van der Waals surface area (Å²) in [7, 11) is 0. The van der Waals surface area contributed by atoms with Gasteiger partial charge < -0.3 is 5.32 Å². The SMILES string of the molecule is CC[C@H]1Cc2c(CCC(C)(C)C)cccc2[C@H](C)N1. The Morgan fingerprint density at radius 1 is 1.26 bits per heavy atom. The molecule has 0 aromatic heterocycles. The van der Waals surface area contributed by atoms with Crippen molar-refractivity contribution in [3.8, 4) is 0 Å². The summed E-state index contributed by atoms with van der Waals surface area (Å²) in [6, 6.07) is 8.04. The van der Waals surface area contributed by atoms with E-state index in [9.17, 15) is 0 Å². The van der Waals surface area contributed by atoms with Gasteiger partial charge in [0.1, 0.15) is 0 Å². The van der Waals surface area contributed by atoms with E-state index in [2.05, 4.69) is 58.1 Å². The van der Waals surface area contributed by atoms with E-state index in [0.29, 0.717) is 17.5 Å². The fourth-order valence-corrected chi connectivity index (χ4v) is 3.06. The third kappa shape index (κ3) is 3.60. The second kappa shape index (κ2) is 5.66. The lowest BCUT2D eigenvalue weighted by molar-refractivity contribution is 0.374. The molecule has 1 heterocycles. The number of nitrogens with one attached hydrogen (secondary N) is 1. The van der Waals surface area contributed by atoms with E-state index in [1.54, 1.807) is 11.1 Å². The van der Waals surface area contributed by atoms with Gasteiger partial charge >= 0.3 is 0 Å². The Balaban J connectivity index is 2.24. The third-order valence-corrected chi connectivity index (χ3v) is 4.35. The minimum atomic E-state index is 0.422. The summed E-state index contributed by atoms with van der Waals surface area (Å²) in [5, 5.41) is 3.72. The topological polar surface area (TPSA) is 12.0 Å². The zero-order chi connectivity index (χ0) is 14.0. The quantitative estimate of drug-likeness (QED) is 0.833. The highest BCUT2D eigenvalue weighted by atomic mass is 15.0. The maximum Gasteiger partial charge on any atom is 0.0297 e. The lowest BCUT2D eigenvalue weighted by Crippen LogP contribution is -2.38. The maximum atomic E-state index is 3.72. The summed E-state index contributed by atoms with van der Waals surface area (Å²) >= 11 is 0. The molecule has 0 saturated heterocycles. The van der Waals surface area contributed by atoms with Crippen LogP contribution < -0.4 is 5.32 Å². The van der Waals surface area contributed by atoms with Crippen LogP contribution in [0.3, 0.4) is 0 Å². The summed E-state index contributed by atoms with van der Waals surface area (Å²) in [5.74, 6) is 0. The first-order valence-electron chi connectivity index (χ1n) is 7.77. The number of hydrogen-bond donors (Lipinski definition) is 1. The molecule has 1 aromatic rings. The lowest BCUT2D eigenvalue weighted by atomic mass is 9.82. The standard InChI is InChI=1S/C18H29N/c1-6-15-12-17-14(10-11-18(3,4)5)8-7-9-16(17)13(2)19-15/h7-9,13,15,19H,6,10-12H2,1-5H3/t13-,15-/m0/s1. The van der Waals surface area contributed by atoms with Crippen LogP contribution in [-0.4, -0.2) is 6.04 Å². The second-order valence-corrected chi connectivity index (χ2v) is 7.24. The van der Waals surface area contributed by atoms with Gasteiger partial charge in [0.05, 0.1) is 0 Å². The molecule has 1 nitrogen and oxygen atoms in total. The monoisotopic (exact) mass is 259 g/mol. The number of rotatable bonds is 3. The molecule has 1 aliphatic rings. The van der Waals surface area contributed by atoms with E-state index in [1.165, 1.54) is 31.2 Å². The summed E-state index contributed by atoms with van der Waals surface area (Å²) in [6.07, 6.45) is 4.91. The van der Waals surface area contributed by atoms with Crippen LogP contribution in [0.15, 0.2) is 18.2 Å². The van der Waals surface area contributed by atoms with Crippen LogP contribution in [0.4, 0.5) is 0 Å². The van der Waals surface area contributed by atoms with Gasteiger partial charge in [-0.05, 0) is 54.7 Å². The molecular weight excluding hydrogens is 230 g/mol. The molecule has 106 valence electrons. The largest absolute Gasteiger partial charge is 0.307 e. The zero-order valence-electron chi connectivity index (χ0n) is 13.2. The van der Waals surface area contributed by atoms with Crippen molar-refractivity contribution in [3.05, 3.63) is 34.9 Å². The van der Waals surface area contributed by atoms with Crippen molar-refractivity contribution in [2.24, 2.45) is 5.41 Å². The zero-order valence-corrected chi connectivity index (χ0v) is 13.2. The normalized spacial score (nSPS) is 23.2. The Bertz CT molecular complexity index is 428. The van der Waals surface area contributed by atoms with Crippen LogP contribution in [0.2, 0.25) is 0 Å². The Hall–Kier alpha value is -0.820. The smallest absolute Gasteiger partial charge is 0.0297 e. The van der Waals surface area contributed by atoms with E-state index < -0.39 is 0 Å². The Morgan fingerprint density at radius 2 is 2.00 bits per heavy atom. The van der Waals surface area contributed by atoms with E-state index >= 15 is 0 Å². The fraction of sp³-hybridized carbons (Fsp3) is 0.667. The predicted molar refractivity (Wildman–Crippen MR) is 83.6 cm³/mol. The second-order valence-electron chi connectivity index (χ2n) is 7.24. The van der Waals surface area contributed by atoms with Gasteiger partial charge in [-0.15, -0.1) is 0 Å². The van der Waals surface area contributed by atoms with Crippen molar-refractivity contribution >= 4 is 0 Å². The molecule has 1 N–H and O–H groups in total. The highest BCUT2D eigenvalue weighted by Gasteiger charge is 2.24. The van der Waals surface area contributed by atoms with Gasteiger partial charge in [0.25, 0.3) is 0 Å². The molecule has 1 aromatic carbocycles. The maximum absolute atomic E-state index is 3.72. The molecule has 0 fully saturated rings. The minimum absolute atomic E-state index is 0.422. The van der Waals surface area contributed by atoms with Gasteiger partial charge in [0, 0.05) is 12.1 Å². The Labute approximate surface area is 118 Å². The molecule has 0 bridgehead atoms. The Kier molecular flexibility index (Phi) is 4.35. The molecule has 0 unspecified atom stereocenters. The van der Waals surface area contributed by atoms with Crippen molar-refractivity contribution in [3.63, 3.8) is 0 Å². The van der Waals surface area contributed by atoms with Gasteiger partial charge in [-0.25, -0.2) is 0 Å². The first-order valence-corrected chi connectivity index (χ1v) is 7.77. The molecule has 0 amide bonds. The molecule has 2 rings (SSSR count). The van der Waals surface area contributed by atoms with Crippen molar-refractivity contribution in [1.82, 2.24) is 5.32 Å². The minimum Gasteiger partial charge on any atom is -0.307 e. The first kappa shape index (κ1) is 14.6. The van der Waals surface area contributed by atoms with E-state index in [-0.39, 0.29) is 0 Å². The lowest BCUT2D eigenvalue weighted by Gasteiger charge is -2.32. The molecule has 0 radical (unpaired) electrons. The van der Waals surface area contributed by atoms with Crippen molar-refractivity contribution in [1.29, 1.82) is 0 Å². The summed E-state index contributed by atoms with van der Waals surface area (Å²) < 4.78 is 0. The van der Waals surface area contributed by atoms with Gasteiger partial charge in [-0.3, -0.25) is 0 Å². The highest BCUT2D eigenvalue weighted by molar-refractivity contribution is 5.39. The van der Waals surface area contributed by atoms with E-state index in [1.807, 2.05) is 0 Å². The number of fused-ring (bicyclic) bond motifs is 1. The number of aryl methyl sites for hydroxylation is 1. The van der Waals surface area contributed by atoms with Crippen molar-refractivity contribution in [2.75, 3.05) is 0 Å². The van der Waals surface area contributed by atoms with Crippen LogP contribution in [-0.2, 0) is 12.8 Å². The summed E-state index contributed by atoms with van der Waals surface area (Å²) in [5.41, 5.74) is 5.16. The molecule has 0 aliphatic carbocycles. The van der Waals surface area contributed by atoms with Gasteiger partial charge in [-0.1, -0.05) is 45.9 Å². The van der Waals surface area contributed by atoms with Gasteiger partial charge in [0.15, 0.2) is 0 Å². The van der Waals surface area contributed by atoms with Crippen molar-refractivity contribution < 1.29 is 0 Å². The molecule has 19 heavy (non-hydrogen) atoms. The average Bonchev–Trinajstić information content (AvgIpc) is 2.35. The van der Waals surface area contributed by atoms with Crippen LogP contribution in [0.5, 0.6) is 0 Å². The van der Waals surface area contributed by atoms with Gasteiger partial charge in [-0.2, -0.15) is 0 Å². The number of benzene rings is 1. The van der Waals surface area contributed by atoms with E-state index in [0.717, 1.165) is 0 Å². The number of hydrogen-bond acceptors (Lipinski definition) is 1. The fourth-order valence-electron chi connectivity index (χ4n) is 3.06. The van der Waals surface area contributed by atoms with Crippen LogP contribution in [0.25, 0.3) is 0 Å². The Morgan fingerprint density at radius 3 is 2.63 bits per heavy atom. The molecule has 2 atom stereocenters.